The first-order chi connectivity index (χ1) is 9.44. The lowest BCUT2D eigenvalue weighted by atomic mass is 9.93. The number of aromatic nitrogens is 2. The first kappa shape index (κ1) is 14.5. The highest BCUT2D eigenvalue weighted by Gasteiger charge is 2.35. The Bertz CT molecular complexity index is 504. The molecule has 2 rings (SSSR count). The Morgan fingerprint density at radius 3 is 2.80 bits per heavy atom. The van der Waals surface area contributed by atoms with Crippen molar-refractivity contribution < 1.29 is 4.92 Å². The van der Waals surface area contributed by atoms with Gasteiger partial charge in [-0.3, -0.25) is 10.1 Å². The van der Waals surface area contributed by atoms with E-state index in [1.165, 1.54) is 6.33 Å². The maximum absolute atomic E-state index is 11.4. The first-order valence-electron chi connectivity index (χ1n) is 6.93. The van der Waals surface area contributed by atoms with E-state index in [2.05, 4.69) is 29.1 Å². The van der Waals surface area contributed by atoms with Crippen molar-refractivity contribution in [3.63, 3.8) is 0 Å². The fourth-order valence-corrected chi connectivity index (χ4v) is 2.43. The van der Waals surface area contributed by atoms with E-state index < -0.39 is 4.92 Å². The van der Waals surface area contributed by atoms with E-state index in [0.717, 1.165) is 25.9 Å². The minimum absolute atomic E-state index is 0.0151. The number of hydrogen-bond donors (Lipinski definition) is 1. The summed E-state index contributed by atoms with van der Waals surface area (Å²) in [6, 6.07) is 0. The normalized spacial score (nSPS) is 17.2. The molecule has 1 aromatic rings. The Labute approximate surface area is 118 Å². The molecule has 0 bridgehead atoms. The Morgan fingerprint density at radius 1 is 1.50 bits per heavy atom. The SMILES string of the molecule is CCCNc1ncnc(N2CCC(C)(C)C2)c1[N+](=O)[O-]. The van der Waals surface area contributed by atoms with Gasteiger partial charge in [0.15, 0.2) is 0 Å². The molecule has 7 nitrogen and oxygen atoms in total. The quantitative estimate of drug-likeness (QED) is 0.658. The number of hydrogen-bond acceptors (Lipinski definition) is 6. The minimum atomic E-state index is -0.390. The molecule has 0 aromatic carbocycles. The average molecular weight is 279 g/mol. The summed E-state index contributed by atoms with van der Waals surface area (Å²) >= 11 is 0. The van der Waals surface area contributed by atoms with Gasteiger partial charge < -0.3 is 10.2 Å². The van der Waals surface area contributed by atoms with Gasteiger partial charge in [-0.25, -0.2) is 9.97 Å². The molecule has 1 fully saturated rings. The van der Waals surface area contributed by atoms with Gasteiger partial charge in [0.25, 0.3) is 0 Å². The van der Waals surface area contributed by atoms with Crippen LogP contribution in [0.4, 0.5) is 17.3 Å². The van der Waals surface area contributed by atoms with E-state index in [0.29, 0.717) is 18.2 Å². The predicted octanol–water partition coefficient (Wildman–Crippen LogP) is 2.44. The van der Waals surface area contributed by atoms with E-state index in [4.69, 9.17) is 0 Å². The standard InChI is InChI=1S/C13H21N5O2/c1-4-6-14-11-10(18(19)20)12(16-9-15-11)17-7-5-13(2,3)8-17/h9H,4-8H2,1-3H3,(H,14,15,16). The molecule has 1 aromatic heterocycles. The fourth-order valence-electron chi connectivity index (χ4n) is 2.43. The molecule has 1 saturated heterocycles. The lowest BCUT2D eigenvalue weighted by molar-refractivity contribution is -0.383. The van der Waals surface area contributed by atoms with Gasteiger partial charge in [0.2, 0.25) is 11.6 Å². The number of nitrogens with zero attached hydrogens (tertiary/aromatic N) is 4. The zero-order valence-corrected chi connectivity index (χ0v) is 12.2. The van der Waals surface area contributed by atoms with Crippen molar-refractivity contribution in [2.45, 2.75) is 33.6 Å². The van der Waals surface area contributed by atoms with Crippen molar-refractivity contribution in [2.75, 3.05) is 29.9 Å². The van der Waals surface area contributed by atoms with Gasteiger partial charge in [0.05, 0.1) is 4.92 Å². The molecule has 0 amide bonds. The second-order valence-electron chi connectivity index (χ2n) is 5.91. The maximum Gasteiger partial charge on any atom is 0.353 e. The van der Waals surface area contributed by atoms with Gasteiger partial charge in [-0.15, -0.1) is 0 Å². The van der Waals surface area contributed by atoms with E-state index >= 15 is 0 Å². The smallest absolute Gasteiger partial charge is 0.353 e. The molecule has 110 valence electrons. The highest BCUT2D eigenvalue weighted by Crippen LogP contribution is 2.37. The van der Waals surface area contributed by atoms with Crippen LogP contribution in [0, 0.1) is 15.5 Å². The lowest BCUT2D eigenvalue weighted by Gasteiger charge is -2.20. The van der Waals surface area contributed by atoms with Crippen molar-refractivity contribution >= 4 is 17.3 Å². The summed E-state index contributed by atoms with van der Waals surface area (Å²) in [5.41, 5.74) is 0.147. The summed E-state index contributed by atoms with van der Waals surface area (Å²) in [6.45, 7) is 8.55. The molecular weight excluding hydrogens is 258 g/mol. The number of nitro groups is 1. The molecule has 0 unspecified atom stereocenters. The zero-order valence-electron chi connectivity index (χ0n) is 12.2. The summed E-state index contributed by atoms with van der Waals surface area (Å²) in [6.07, 6.45) is 3.28. The third kappa shape index (κ3) is 2.97. The topological polar surface area (TPSA) is 84.2 Å². The van der Waals surface area contributed by atoms with E-state index in [1.807, 2.05) is 11.8 Å². The van der Waals surface area contributed by atoms with Crippen LogP contribution in [0.25, 0.3) is 0 Å². The number of nitrogens with one attached hydrogen (secondary N) is 1. The molecule has 7 heteroatoms. The van der Waals surface area contributed by atoms with Gasteiger partial charge in [-0.2, -0.15) is 0 Å². The first-order valence-corrected chi connectivity index (χ1v) is 6.93. The molecule has 0 spiro atoms. The van der Waals surface area contributed by atoms with Crippen molar-refractivity contribution in [3.8, 4) is 0 Å². The summed E-state index contributed by atoms with van der Waals surface area (Å²) in [7, 11) is 0. The molecular formula is C13H21N5O2. The Morgan fingerprint density at radius 2 is 2.25 bits per heavy atom. The van der Waals surface area contributed by atoms with Crippen LogP contribution in [0.5, 0.6) is 0 Å². The Kier molecular flexibility index (Phi) is 4.06. The van der Waals surface area contributed by atoms with Crippen LogP contribution in [0.15, 0.2) is 6.33 Å². The molecule has 1 N–H and O–H groups in total. The van der Waals surface area contributed by atoms with Crippen LogP contribution >= 0.6 is 0 Å². The average Bonchev–Trinajstić information content (AvgIpc) is 2.76. The molecule has 0 atom stereocenters. The molecule has 1 aliphatic heterocycles. The van der Waals surface area contributed by atoms with Crippen LogP contribution in [0.1, 0.15) is 33.6 Å². The van der Waals surface area contributed by atoms with Gasteiger partial charge in [-0.1, -0.05) is 20.8 Å². The third-order valence-electron chi connectivity index (χ3n) is 3.50. The summed E-state index contributed by atoms with van der Waals surface area (Å²) in [4.78, 5) is 21.1. The Balaban J connectivity index is 2.35. The van der Waals surface area contributed by atoms with Crippen LogP contribution in [0.3, 0.4) is 0 Å². The highest BCUT2D eigenvalue weighted by molar-refractivity contribution is 5.70. The van der Waals surface area contributed by atoms with E-state index in [9.17, 15) is 10.1 Å². The summed E-state index contributed by atoms with van der Waals surface area (Å²) < 4.78 is 0. The monoisotopic (exact) mass is 279 g/mol. The molecule has 1 aliphatic rings. The number of anilines is 2. The van der Waals surface area contributed by atoms with Crippen molar-refractivity contribution in [1.29, 1.82) is 0 Å². The summed E-state index contributed by atoms with van der Waals surface area (Å²) in [5.74, 6) is 0.737. The van der Waals surface area contributed by atoms with E-state index in [-0.39, 0.29) is 11.1 Å². The van der Waals surface area contributed by atoms with Crippen LogP contribution in [-0.4, -0.2) is 34.5 Å². The van der Waals surface area contributed by atoms with Crippen LogP contribution < -0.4 is 10.2 Å². The molecule has 0 aliphatic carbocycles. The molecule has 2 heterocycles. The van der Waals surface area contributed by atoms with Gasteiger partial charge >= 0.3 is 5.69 Å². The second-order valence-corrected chi connectivity index (χ2v) is 5.91. The minimum Gasteiger partial charge on any atom is -0.364 e. The zero-order chi connectivity index (χ0) is 14.8. The van der Waals surface area contributed by atoms with Crippen molar-refractivity contribution in [1.82, 2.24) is 9.97 Å². The van der Waals surface area contributed by atoms with Crippen LogP contribution in [-0.2, 0) is 0 Å². The van der Waals surface area contributed by atoms with Gasteiger partial charge in [-0.05, 0) is 18.3 Å². The predicted molar refractivity (Wildman–Crippen MR) is 78.1 cm³/mol. The van der Waals surface area contributed by atoms with Crippen molar-refractivity contribution in [3.05, 3.63) is 16.4 Å². The highest BCUT2D eigenvalue weighted by atomic mass is 16.6. The lowest BCUT2D eigenvalue weighted by Crippen LogP contribution is -2.25. The third-order valence-corrected chi connectivity index (χ3v) is 3.50. The molecule has 0 radical (unpaired) electrons. The van der Waals surface area contributed by atoms with Gasteiger partial charge in [0.1, 0.15) is 6.33 Å². The summed E-state index contributed by atoms with van der Waals surface area (Å²) in [5, 5.41) is 14.4. The molecule has 20 heavy (non-hydrogen) atoms. The maximum atomic E-state index is 11.4. The second kappa shape index (κ2) is 5.60. The Hall–Kier alpha value is -1.92. The molecule has 0 saturated carbocycles. The largest absolute Gasteiger partial charge is 0.364 e. The van der Waals surface area contributed by atoms with E-state index in [1.54, 1.807) is 0 Å². The fraction of sp³-hybridized carbons (Fsp3) is 0.692. The van der Waals surface area contributed by atoms with Gasteiger partial charge in [0, 0.05) is 19.6 Å². The van der Waals surface area contributed by atoms with Crippen molar-refractivity contribution in [2.24, 2.45) is 5.41 Å². The number of rotatable bonds is 5. The van der Waals surface area contributed by atoms with Crippen LogP contribution in [0.2, 0.25) is 0 Å².